The quantitative estimate of drug-likeness (QED) is 0.874. The lowest BCUT2D eigenvalue weighted by Gasteiger charge is -2.11. The van der Waals surface area contributed by atoms with Gasteiger partial charge in [0.2, 0.25) is 5.89 Å². The lowest BCUT2D eigenvalue weighted by molar-refractivity contribution is 0.237. The fourth-order valence-electron chi connectivity index (χ4n) is 2.53. The Morgan fingerprint density at radius 2 is 2.08 bits per heavy atom. The van der Waals surface area contributed by atoms with Gasteiger partial charge in [-0.15, -0.1) is 0 Å². The van der Waals surface area contributed by atoms with Crippen LogP contribution in [0, 0.1) is 6.92 Å². The Kier molecular flexibility index (Phi) is 4.57. The van der Waals surface area contributed by atoms with Gasteiger partial charge in [0.05, 0.1) is 23.7 Å². The number of hydrogen-bond donors (Lipinski definition) is 2. The number of nitrogens with one attached hydrogen (secondary N) is 2. The molecule has 1 aliphatic rings. The number of oxazole rings is 1. The zero-order valence-corrected chi connectivity index (χ0v) is 14.1. The number of aromatic nitrogens is 1. The fourth-order valence-corrected chi connectivity index (χ4v) is 4.21. The van der Waals surface area contributed by atoms with Gasteiger partial charge in [0.25, 0.3) is 0 Å². The fraction of sp³-hybridized carbons (Fsp3) is 0.375. The number of aryl methyl sites for hydroxylation is 1. The number of carbonyl (C=O) groups excluding carboxylic acids is 1. The summed E-state index contributed by atoms with van der Waals surface area (Å²) in [7, 11) is -3.01. The van der Waals surface area contributed by atoms with Crippen LogP contribution in [-0.2, 0) is 16.4 Å². The van der Waals surface area contributed by atoms with E-state index in [1.807, 2.05) is 31.2 Å². The molecule has 128 valence electrons. The summed E-state index contributed by atoms with van der Waals surface area (Å²) in [6, 6.07) is 7.06. The molecule has 2 N–H and O–H groups in total. The van der Waals surface area contributed by atoms with E-state index < -0.39 is 15.9 Å². The van der Waals surface area contributed by atoms with Crippen molar-refractivity contribution >= 4 is 15.9 Å². The predicted molar refractivity (Wildman–Crippen MR) is 89.1 cm³/mol. The average Bonchev–Trinajstić information content (AvgIpc) is 3.12. The van der Waals surface area contributed by atoms with E-state index in [4.69, 9.17) is 4.42 Å². The summed E-state index contributed by atoms with van der Waals surface area (Å²) in [5, 5.41) is 5.32. The van der Waals surface area contributed by atoms with Gasteiger partial charge in [-0.05, 0) is 25.5 Å². The van der Waals surface area contributed by atoms with E-state index in [9.17, 15) is 13.2 Å². The molecule has 1 aromatic carbocycles. The molecule has 0 bridgehead atoms. The minimum absolute atomic E-state index is 0.00194. The number of hydrogen-bond acceptors (Lipinski definition) is 5. The Balaban J connectivity index is 1.52. The standard InChI is InChI=1S/C16H19N3O4S/c1-11-2-4-12(5-3-11)15-18-14(9-23-15)8-17-16(20)19-13-6-7-24(21,22)10-13/h2-5,9,13H,6-8,10H2,1H3,(H2,17,19,20). The van der Waals surface area contributed by atoms with E-state index >= 15 is 0 Å². The molecule has 1 atom stereocenters. The molecule has 0 radical (unpaired) electrons. The first kappa shape index (κ1) is 16.5. The van der Waals surface area contributed by atoms with Gasteiger partial charge in [0, 0.05) is 11.6 Å². The second kappa shape index (κ2) is 6.64. The monoisotopic (exact) mass is 349 g/mol. The Bertz CT molecular complexity index is 827. The molecule has 0 spiro atoms. The normalized spacial score (nSPS) is 19.1. The van der Waals surface area contributed by atoms with E-state index in [1.54, 1.807) is 0 Å². The second-order valence-electron chi connectivity index (χ2n) is 5.94. The molecule has 7 nitrogen and oxygen atoms in total. The van der Waals surface area contributed by atoms with E-state index in [-0.39, 0.29) is 24.1 Å². The van der Waals surface area contributed by atoms with Crippen LogP contribution < -0.4 is 10.6 Å². The van der Waals surface area contributed by atoms with Crippen molar-refractivity contribution in [1.82, 2.24) is 15.6 Å². The van der Waals surface area contributed by atoms with Gasteiger partial charge in [-0.3, -0.25) is 0 Å². The van der Waals surface area contributed by atoms with Crippen molar-refractivity contribution in [1.29, 1.82) is 0 Å². The highest BCUT2D eigenvalue weighted by atomic mass is 32.2. The molecule has 1 aliphatic heterocycles. The minimum Gasteiger partial charge on any atom is -0.444 e. The highest BCUT2D eigenvalue weighted by Crippen LogP contribution is 2.19. The summed E-state index contributed by atoms with van der Waals surface area (Å²) in [5.41, 5.74) is 2.62. The van der Waals surface area contributed by atoms with E-state index in [1.165, 1.54) is 6.26 Å². The molecular weight excluding hydrogens is 330 g/mol. The molecule has 0 saturated carbocycles. The molecule has 24 heavy (non-hydrogen) atoms. The third kappa shape index (κ3) is 4.14. The van der Waals surface area contributed by atoms with E-state index in [0.29, 0.717) is 18.0 Å². The van der Waals surface area contributed by atoms with Crippen molar-refractivity contribution in [2.45, 2.75) is 25.9 Å². The van der Waals surface area contributed by atoms with Gasteiger partial charge in [-0.1, -0.05) is 17.7 Å². The summed E-state index contributed by atoms with van der Waals surface area (Å²) in [5.74, 6) is 0.623. The van der Waals surface area contributed by atoms with Gasteiger partial charge in [0.15, 0.2) is 9.84 Å². The molecule has 0 aliphatic carbocycles. The van der Waals surface area contributed by atoms with Crippen molar-refractivity contribution in [2.75, 3.05) is 11.5 Å². The maximum Gasteiger partial charge on any atom is 0.315 e. The first-order chi connectivity index (χ1) is 11.4. The lowest BCUT2D eigenvalue weighted by Crippen LogP contribution is -2.42. The van der Waals surface area contributed by atoms with Crippen molar-refractivity contribution < 1.29 is 17.6 Å². The van der Waals surface area contributed by atoms with Gasteiger partial charge >= 0.3 is 6.03 Å². The van der Waals surface area contributed by atoms with Crippen LogP contribution in [0.3, 0.4) is 0 Å². The minimum atomic E-state index is -3.01. The lowest BCUT2D eigenvalue weighted by atomic mass is 10.1. The summed E-state index contributed by atoms with van der Waals surface area (Å²) < 4.78 is 28.2. The highest BCUT2D eigenvalue weighted by Gasteiger charge is 2.28. The van der Waals surface area contributed by atoms with Gasteiger partial charge in [-0.2, -0.15) is 0 Å². The second-order valence-corrected chi connectivity index (χ2v) is 8.17. The SMILES string of the molecule is Cc1ccc(-c2nc(CNC(=O)NC3CCS(=O)(=O)C3)co2)cc1. The molecule has 3 rings (SSSR count). The zero-order chi connectivity index (χ0) is 17.2. The summed E-state index contributed by atoms with van der Waals surface area (Å²) in [6.45, 7) is 2.21. The number of benzene rings is 1. The summed E-state index contributed by atoms with van der Waals surface area (Å²) >= 11 is 0. The third-order valence-electron chi connectivity index (χ3n) is 3.85. The molecule has 1 fully saturated rings. The number of urea groups is 1. The topological polar surface area (TPSA) is 101 Å². The maximum absolute atomic E-state index is 11.8. The van der Waals surface area contributed by atoms with Crippen molar-refractivity contribution in [3.63, 3.8) is 0 Å². The molecular formula is C16H19N3O4S. The number of amides is 2. The van der Waals surface area contributed by atoms with E-state index in [2.05, 4.69) is 15.6 Å². The summed E-state index contributed by atoms with van der Waals surface area (Å²) in [4.78, 5) is 16.2. The van der Waals surface area contributed by atoms with Crippen LogP contribution >= 0.6 is 0 Å². The number of nitrogens with zero attached hydrogens (tertiary/aromatic N) is 1. The molecule has 1 saturated heterocycles. The molecule has 1 aromatic heterocycles. The molecule has 2 aromatic rings. The number of carbonyl (C=O) groups is 1. The first-order valence-corrected chi connectivity index (χ1v) is 9.50. The molecule has 8 heteroatoms. The number of sulfone groups is 1. The largest absolute Gasteiger partial charge is 0.444 e. The Morgan fingerprint density at radius 3 is 2.75 bits per heavy atom. The smallest absolute Gasteiger partial charge is 0.315 e. The van der Waals surface area contributed by atoms with Crippen LogP contribution in [0.15, 0.2) is 34.9 Å². The zero-order valence-electron chi connectivity index (χ0n) is 13.3. The first-order valence-electron chi connectivity index (χ1n) is 7.67. The Hall–Kier alpha value is -2.35. The van der Waals surface area contributed by atoms with Crippen molar-refractivity contribution in [3.05, 3.63) is 41.8 Å². The van der Waals surface area contributed by atoms with Crippen LogP contribution in [0.25, 0.3) is 11.5 Å². The molecule has 1 unspecified atom stereocenters. The van der Waals surface area contributed by atoms with Gasteiger partial charge in [-0.25, -0.2) is 18.2 Å². The van der Waals surface area contributed by atoms with Crippen LogP contribution in [-0.4, -0.2) is 37.0 Å². The number of rotatable bonds is 4. The van der Waals surface area contributed by atoms with E-state index in [0.717, 1.165) is 11.1 Å². The predicted octanol–water partition coefficient (Wildman–Crippen LogP) is 1.64. The highest BCUT2D eigenvalue weighted by molar-refractivity contribution is 7.91. The van der Waals surface area contributed by atoms with Gasteiger partial charge < -0.3 is 15.1 Å². The van der Waals surface area contributed by atoms with Crippen LogP contribution in [0.2, 0.25) is 0 Å². The molecule has 2 amide bonds. The summed E-state index contributed by atoms with van der Waals surface area (Å²) in [6.07, 6.45) is 1.95. The average molecular weight is 349 g/mol. The Morgan fingerprint density at radius 1 is 1.33 bits per heavy atom. The van der Waals surface area contributed by atoms with Crippen LogP contribution in [0.1, 0.15) is 17.7 Å². The van der Waals surface area contributed by atoms with Crippen LogP contribution in [0.4, 0.5) is 4.79 Å². The van der Waals surface area contributed by atoms with Crippen molar-refractivity contribution in [2.24, 2.45) is 0 Å². The van der Waals surface area contributed by atoms with Gasteiger partial charge in [0.1, 0.15) is 6.26 Å². The van der Waals surface area contributed by atoms with Crippen molar-refractivity contribution in [3.8, 4) is 11.5 Å². The Labute approximate surface area is 140 Å². The third-order valence-corrected chi connectivity index (χ3v) is 5.62. The maximum atomic E-state index is 11.8. The van der Waals surface area contributed by atoms with Crippen LogP contribution in [0.5, 0.6) is 0 Å². The molecule has 2 heterocycles.